The molecule has 0 amide bonds. The summed E-state index contributed by atoms with van der Waals surface area (Å²) in [4.78, 5) is 13.8. The van der Waals surface area contributed by atoms with Crippen molar-refractivity contribution >= 4 is 5.69 Å². The molecule has 2 heterocycles. The first-order valence-electron chi connectivity index (χ1n) is 8.90. The number of hydrogen-bond donors (Lipinski definition) is 1. The molecular weight excluding hydrogens is 324 g/mol. The quantitative estimate of drug-likeness (QED) is 0.786. The summed E-state index contributed by atoms with van der Waals surface area (Å²) in [5.41, 5.74) is 3.35. The second kappa shape index (κ2) is 7.54. The predicted octanol–water partition coefficient (Wildman–Crippen LogP) is 3.17. The number of nitrogens with zero attached hydrogens (tertiary/aromatic N) is 4. The van der Waals surface area contributed by atoms with E-state index in [1.807, 2.05) is 54.9 Å². The number of benzene rings is 2. The van der Waals surface area contributed by atoms with Crippen LogP contribution in [0.5, 0.6) is 5.75 Å². The van der Waals surface area contributed by atoms with Gasteiger partial charge in [-0.2, -0.15) is 0 Å². The molecule has 2 aromatic carbocycles. The minimum absolute atomic E-state index is 0.311. The van der Waals surface area contributed by atoms with Gasteiger partial charge in [0.2, 0.25) is 0 Å². The summed E-state index contributed by atoms with van der Waals surface area (Å²) in [5.74, 6) is 1.08. The number of phenolic OH excluding ortho intramolecular Hbond substituents is 1. The van der Waals surface area contributed by atoms with Crippen LogP contribution in [0.3, 0.4) is 0 Å². The van der Waals surface area contributed by atoms with E-state index in [0.29, 0.717) is 5.75 Å². The molecule has 5 heteroatoms. The summed E-state index contributed by atoms with van der Waals surface area (Å²) >= 11 is 0. The molecule has 0 radical (unpaired) electrons. The van der Waals surface area contributed by atoms with Gasteiger partial charge >= 0.3 is 0 Å². The number of aromatic hydroxyl groups is 1. The molecule has 4 rings (SSSR count). The monoisotopic (exact) mass is 346 g/mol. The summed E-state index contributed by atoms with van der Waals surface area (Å²) in [6.07, 6.45) is 3.86. The smallest absolute Gasteiger partial charge is 0.159 e. The standard InChI is InChI=1S/C21H22N4O/c26-20-8-6-19(7-9-20)25-12-10-24(11-13-25)16-17-14-22-21(23-15-17)18-4-2-1-3-5-18/h1-9,14-15,26H,10-13,16H2. The molecular formula is C21H22N4O. The van der Waals surface area contributed by atoms with E-state index in [9.17, 15) is 5.11 Å². The highest BCUT2D eigenvalue weighted by atomic mass is 16.3. The SMILES string of the molecule is Oc1ccc(N2CCN(Cc3cnc(-c4ccccc4)nc3)CC2)cc1. The van der Waals surface area contributed by atoms with Gasteiger partial charge in [0.25, 0.3) is 0 Å². The lowest BCUT2D eigenvalue weighted by molar-refractivity contribution is 0.249. The van der Waals surface area contributed by atoms with Gasteiger partial charge in [0.05, 0.1) is 0 Å². The largest absolute Gasteiger partial charge is 0.508 e. The van der Waals surface area contributed by atoms with Crippen LogP contribution >= 0.6 is 0 Å². The van der Waals surface area contributed by atoms with Gasteiger partial charge in [-0.1, -0.05) is 30.3 Å². The van der Waals surface area contributed by atoms with Gasteiger partial charge < -0.3 is 10.0 Å². The Labute approximate surface area is 153 Å². The van der Waals surface area contributed by atoms with E-state index in [0.717, 1.165) is 55.4 Å². The van der Waals surface area contributed by atoms with Crippen LogP contribution in [0, 0.1) is 0 Å². The zero-order chi connectivity index (χ0) is 17.8. The molecule has 0 aliphatic carbocycles. The van der Waals surface area contributed by atoms with E-state index >= 15 is 0 Å². The molecule has 0 unspecified atom stereocenters. The zero-order valence-electron chi connectivity index (χ0n) is 14.6. The maximum absolute atomic E-state index is 9.41. The normalized spacial score (nSPS) is 15.2. The Hall–Kier alpha value is -2.92. The lowest BCUT2D eigenvalue weighted by Crippen LogP contribution is -2.45. The van der Waals surface area contributed by atoms with Crippen molar-refractivity contribution in [2.45, 2.75) is 6.54 Å². The highest BCUT2D eigenvalue weighted by Gasteiger charge is 2.17. The molecule has 1 aliphatic heterocycles. The first-order chi connectivity index (χ1) is 12.8. The van der Waals surface area contributed by atoms with E-state index in [1.165, 1.54) is 0 Å². The summed E-state index contributed by atoms with van der Waals surface area (Å²) in [7, 11) is 0. The Kier molecular flexibility index (Phi) is 4.80. The van der Waals surface area contributed by atoms with Gasteiger partial charge in [0.1, 0.15) is 5.75 Å². The first-order valence-corrected chi connectivity index (χ1v) is 8.90. The van der Waals surface area contributed by atoms with Crippen LogP contribution in [0.2, 0.25) is 0 Å². The van der Waals surface area contributed by atoms with E-state index in [1.54, 1.807) is 12.1 Å². The highest BCUT2D eigenvalue weighted by Crippen LogP contribution is 2.20. The molecule has 0 saturated carbocycles. The first kappa shape index (κ1) is 16.5. The third kappa shape index (κ3) is 3.83. The molecule has 26 heavy (non-hydrogen) atoms. The second-order valence-corrected chi connectivity index (χ2v) is 6.56. The molecule has 1 N–H and O–H groups in total. The molecule has 0 spiro atoms. The molecule has 1 saturated heterocycles. The van der Waals surface area contributed by atoms with Crippen LogP contribution in [-0.2, 0) is 6.54 Å². The number of piperazine rings is 1. The lowest BCUT2D eigenvalue weighted by atomic mass is 10.2. The fourth-order valence-corrected chi connectivity index (χ4v) is 3.26. The molecule has 132 valence electrons. The maximum atomic E-state index is 9.41. The Balaban J connectivity index is 1.33. The Morgan fingerprint density at radius 2 is 1.46 bits per heavy atom. The summed E-state index contributed by atoms with van der Waals surface area (Å²) in [6.45, 7) is 4.84. The van der Waals surface area contributed by atoms with Crippen molar-refractivity contribution in [2.75, 3.05) is 31.1 Å². The van der Waals surface area contributed by atoms with E-state index in [-0.39, 0.29) is 0 Å². The minimum Gasteiger partial charge on any atom is -0.508 e. The van der Waals surface area contributed by atoms with Crippen LogP contribution in [-0.4, -0.2) is 46.2 Å². The minimum atomic E-state index is 0.311. The van der Waals surface area contributed by atoms with Crippen LogP contribution < -0.4 is 4.90 Å². The fourth-order valence-electron chi connectivity index (χ4n) is 3.26. The number of rotatable bonds is 4. The topological polar surface area (TPSA) is 52.5 Å². The van der Waals surface area contributed by atoms with Crippen molar-refractivity contribution in [3.8, 4) is 17.1 Å². The number of phenols is 1. The Morgan fingerprint density at radius 3 is 2.12 bits per heavy atom. The van der Waals surface area contributed by atoms with Crippen molar-refractivity contribution < 1.29 is 5.11 Å². The molecule has 0 bridgehead atoms. The summed E-state index contributed by atoms with van der Waals surface area (Å²) < 4.78 is 0. The highest BCUT2D eigenvalue weighted by molar-refractivity contribution is 5.54. The van der Waals surface area contributed by atoms with Crippen molar-refractivity contribution in [3.63, 3.8) is 0 Å². The molecule has 1 fully saturated rings. The third-order valence-corrected chi connectivity index (χ3v) is 4.73. The average Bonchev–Trinajstić information content (AvgIpc) is 2.71. The van der Waals surface area contributed by atoms with Gasteiger partial charge in [-0.3, -0.25) is 4.90 Å². The summed E-state index contributed by atoms with van der Waals surface area (Å²) in [6, 6.07) is 17.5. The fraction of sp³-hybridized carbons (Fsp3) is 0.238. The Morgan fingerprint density at radius 1 is 0.808 bits per heavy atom. The van der Waals surface area contributed by atoms with Gasteiger partial charge in [0, 0.05) is 61.9 Å². The van der Waals surface area contributed by atoms with Crippen LogP contribution in [0.4, 0.5) is 5.69 Å². The van der Waals surface area contributed by atoms with Crippen LogP contribution in [0.15, 0.2) is 67.0 Å². The molecule has 3 aromatic rings. The Bertz CT molecular complexity index is 826. The number of aromatic nitrogens is 2. The van der Waals surface area contributed by atoms with Crippen LogP contribution in [0.1, 0.15) is 5.56 Å². The van der Waals surface area contributed by atoms with Crippen molar-refractivity contribution in [1.29, 1.82) is 0 Å². The van der Waals surface area contributed by atoms with Gasteiger partial charge in [-0.15, -0.1) is 0 Å². The molecule has 5 nitrogen and oxygen atoms in total. The lowest BCUT2D eigenvalue weighted by Gasteiger charge is -2.36. The molecule has 1 aromatic heterocycles. The van der Waals surface area contributed by atoms with Crippen molar-refractivity contribution in [1.82, 2.24) is 14.9 Å². The van der Waals surface area contributed by atoms with Gasteiger partial charge in [-0.05, 0) is 24.3 Å². The maximum Gasteiger partial charge on any atom is 0.159 e. The predicted molar refractivity (Wildman–Crippen MR) is 103 cm³/mol. The van der Waals surface area contributed by atoms with E-state index in [2.05, 4.69) is 19.8 Å². The van der Waals surface area contributed by atoms with Crippen molar-refractivity contribution in [3.05, 3.63) is 72.6 Å². The number of anilines is 1. The number of hydrogen-bond acceptors (Lipinski definition) is 5. The van der Waals surface area contributed by atoms with Gasteiger partial charge in [-0.25, -0.2) is 9.97 Å². The average molecular weight is 346 g/mol. The second-order valence-electron chi connectivity index (χ2n) is 6.56. The van der Waals surface area contributed by atoms with E-state index in [4.69, 9.17) is 0 Å². The third-order valence-electron chi connectivity index (χ3n) is 4.73. The van der Waals surface area contributed by atoms with Gasteiger partial charge in [0.15, 0.2) is 5.82 Å². The molecule has 1 aliphatic rings. The van der Waals surface area contributed by atoms with E-state index < -0.39 is 0 Å². The van der Waals surface area contributed by atoms with Crippen molar-refractivity contribution in [2.24, 2.45) is 0 Å². The van der Waals surface area contributed by atoms with Crippen LogP contribution in [0.25, 0.3) is 11.4 Å². The summed E-state index contributed by atoms with van der Waals surface area (Å²) in [5, 5.41) is 9.41. The zero-order valence-corrected chi connectivity index (χ0v) is 14.6. The molecule has 0 atom stereocenters.